The van der Waals surface area contributed by atoms with Crippen molar-refractivity contribution in [2.45, 2.75) is 19.3 Å². The van der Waals surface area contributed by atoms with E-state index in [2.05, 4.69) is 4.72 Å². The molecular weight excluding hydrogens is 326 g/mol. The van der Waals surface area contributed by atoms with Crippen LogP contribution in [0.2, 0.25) is 0 Å². The van der Waals surface area contributed by atoms with Gasteiger partial charge in [0.25, 0.3) is 0 Å². The van der Waals surface area contributed by atoms with E-state index >= 15 is 0 Å². The van der Waals surface area contributed by atoms with Gasteiger partial charge in [-0.2, -0.15) is 0 Å². The topological polar surface area (TPSA) is 66.5 Å². The first-order valence-electron chi connectivity index (χ1n) is 7.41. The van der Waals surface area contributed by atoms with Crippen molar-refractivity contribution >= 4 is 15.9 Å². The molecule has 1 N–H and O–H groups in total. The highest BCUT2D eigenvalue weighted by molar-refractivity contribution is 7.88. The lowest BCUT2D eigenvalue weighted by Crippen LogP contribution is -2.44. The van der Waals surface area contributed by atoms with Crippen molar-refractivity contribution in [3.05, 3.63) is 35.4 Å². The molecule has 128 valence electrons. The third-order valence-electron chi connectivity index (χ3n) is 3.90. The van der Waals surface area contributed by atoms with Crippen molar-refractivity contribution in [3.8, 4) is 0 Å². The van der Waals surface area contributed by atoms with Crippen LogP contribution in [0.4, 0.5) is 8.78 Å². The van der Waals surface area contributed by atoms with E-state index in [1.54, 1.807) is 4.90 Å². The molecule has 0 radical (unpaired) electrons. The van der Waals surface area contributed by atoms with Crippen LogP contribution in [0.25, 0.3) is 0 Å². The molecule has 1 aromatic carbocycles. The van der Waals surface area contributed by atoms with Gasteiger partial charge in [0, 0.05) is 25.2 Å². The lowest BCUT2D eigenvalue weighted by molar-refractivity contribution is -0.132. The average Bonchev–Trinajstić information content (AvgIpc) is 2.48. The Balaban J connectivity index is 1.97. The summed E-state index contributed by atoms with van der Waals surface area (Å²) in [5, 5.41) is 0. The molecule has 0 aliphatic carbocycles. The second-order valence-electron chi connectivity index (χ2n) is 5.85. The Bertz CT molecular complexity index is 659. The summed E-state index contributed by atoms with van der Waals surface area (Å²) in [6, 6.07) is 3.51. The highest BCUT2D eigenvalue weighted by atomic mass is 32.2. The molecule has 0 bridgehead atoms. The van der Waals surface area contributed by atoms with Crippen LogP contribution in [0.5, 0.6) is 0 Å². The molecule has 1 atom stereocenters. The number of likely N-dealkylation sites (tertiary alicyclic amines) is 1. The molecule has 1 saturated heterocycles. The fraction of sp³-hybridized carbons (Fsp3) is 0.533. The van der Waals surface area contributed by atoms with Gasteiger partial charge in [-0.3, -0.25) is 4.79 Å². The Morgan fingerprint density at radius 3 is 2.61 bits per heavy atom. The number of hydrogen-bond donors (Lipinski definition) is 1. The Kier molecular flexibility index (Phi) is 5.69. The van der Waals surface area contributed by atoms with Crippen molar-refractivity contribution in [3.63, 3.8) is 0 Å². The SMILES string of the molecule is CS(=O)(=O)NCC1CCCN(C(=O)Cc2c(F)cccc2F)C1. The van der Waals surface area contributed by atoms with Crippen LogP contribution in [0, 0.1) is 17.6 Å². The Morgan fingerprint density at radius 1 is 1.35 bits per heavy atom. The van der Waals surface area contributed by atoms with Crippen LogP contribution >= 0.6 is 0 Å². The maximum atomic E-state index is 13.6. The summed E-state index contributed by atoms with van der Waals surface area (Å²) in [5.41, 5.74) is -0.228. The number of carbonyl (C=O) groups excluding carboxylic acids is 1. The molecule has 1 unspecified atom stereocenters. The van der Waals surface area contributed by atoms with E-state index in [0.717, 1.165) is 31.2 Å². The molecule has 0 saturated carbocycles. The van der Waals surface area contributed by atoms with Crippen LogP contribution < -0.4 is 4.72 Å². The fourth-order valence-corrected chi connectivity index (χ4v) is 3.23. The summed E-state index contributed by atoms with van der Waals surface area (Å²) in [5.74, 6) is -1.80. The van der Waals surface area contributed by atoms with E-state index in [-0.39, 0.29) is 30.4 Å². The quantitative estimate of drug-likeness (QED) is 0.874. The lowest BCUT2D eigenvalue weighted by atomic mass is 9.97. The average molecular weight is 346 g/mol. The van der Waals surface area contributed by atoms with Crippen LogP contribution in [-0.4, -0.2) is 45.1 Å². The number of sulfonamides is 1. The number of amides is 1. The molecule has 0 aromatic heterocycles. The molecule has 1 heterocycles. The highest BCUT2D eigenvalue weighted by Crippen LogP contribution is 2.19. The summed E-state index contributed by atoms with van der Waals surface area (Å²) < 4.78 is 51.9. The molecular formula is C15H20F2N2O3S. The standard InChI is InChI=1S/C15H20F2N2O3S/c1-23(21,22)18-9-11-4-3-7-19(10-11)15(20)8-12-13(16)5-2-6-14(12)17/h2,5-6,11,18H,3-4,7-10H2,1H3. The van der Waals surface area contributed by atoms with Crippen molar-refractivity contribution < 1.29 is 22.0 Å². The van der Waals surface area contributed by atoms with E-state index < -0.39 is 21.7 Å². The molecule has 5 nitrogen and oxygen atoms in total. The van der Waals surface area contributed by atoms with Crippen LogP contribution in [0.3, 0.4) is 0 Å². The highest BCUT2D eigenvalue weighted by Gasteiger charge is 2.25. The van der Waals surface area contributed by atoms with Crippen molar-refractivity contribution in [1.82, 2.24) is 9.62 Å². The number of halogens is 2. The summed E-state index contributed by atoms with van der Waals surface area (Å²) >= 11 is 0. The Labute approximate surface area is 134 Å². The van der Waals surface area contributed by atoms with E-state index in [9.17, 15) is 22.0 Å². The molecule has 0 spiro atoms. The Hall–Kier alpha value is -1.54. The number of nitrogens with one attached hydrogen (secondary N) is 1. The van der Waals surface area contributed by atoms with Crippen LogP contribution in [0.1, 0.15) is 18.4 Å². The predicted octanol–water partition coefficient (Wildman–Crippen LogP) is 1.30. The van der Waals surface area contributed by atoms with Gasteiger partial charge in [-0.25, -0.2) is 21.9 Å². The van der Waals surface area contributed by atoms with Gasteiger partial charge >= 0.3 is 0 Å². The molecule has 23 heavy (non-hydrogen) atoms. The monoisotopic (exact) mass is 346 g/mol. The van der Waals surface area contributed by atoms with Gasteiger partial charge in [0.15, 0.2) is 0 Å². The van der Waals surface area contributed by atoms with E-state index in [4.69, 9.17) is 0 Å². The van der Waals surface area contributed by atoms with Crippen LogP contribution in [-0.2, 0) is 21.2 Å². The van der Waals surface area contributed by atoms with Crippen molar-refractivity contribution in [2.24, 2.45) is 5.92 Å². The van der Waals surface area contributed by atoms with Gasteiger partial charge in [0.1, 0.15) is 11.6 Å². The number of piperidine rings is 1. The first kappa shape index (κ1) is 17.8. The number of nitrogens with zero attached hydrogens (tertiary/aromatic N) is 1. The molecule has 1 aliphatic rings. The summed E-state index contributed by atoms with van der Waals surface area (Å²) in [6.07, 6.45) is 2.30. The Morgan fingerprint density at radius 2 is 2.00 bits per heavy atom. The normalized spacial score (nSPS) is 18.9. The third kappa shape index (κ3) is 5.24. The summed E-state index contributed by atoms with van der Waals surface area (Å²) in [7, 11) is -3.27. The first-order valence-corrected chi connectivity index (χ1v) is 9.30. The van der Waals surface area contributed by atoms with Gasteiger partial charge in [0.05, 0.1) is 12.7 Å². The zero-order valence-corrected chi connectivity index (χ0v) is 13.7. The second-order valence-corrected chi connectivity index (χ2v) is 7.68. The van der Waals surface area contributed by atoms with Crippen molar-refractivity contribution in [2.75, 3.05) is 25.9 Å². The number of rotatable bonds is 5. The summed E-state index contributed by atoms with van der Waals surface area (Å²) in [4.78, 5) is 13.8. The molecule has 1 aromatic rings. The van der Waals surface area contributed by atoms with Gasteiger partial charge in [0.2, 0.25) is 15.9 Å². The predicted molar refractivity (Wildman–Crippen MR) is 82.2 cm³/mol. The zero-order valence-electron chi connectivity index (χ0n) is 12.9. The van der Waals surface area contributed by atoms with Crippen molar-refractivity contribution in [1.29, 1.82) is 0 Å². The molecule has 1 aliphatic heterocycles. The van der Waals surface area contributed by atoms with Gasteiger partial charge in [-0.1, -0.05) is 6.07 Å². The van der Waals surface area contributed by atoms with Gasteiger partial charge in [-0.05, 0) is 30.9 Å². The molecule has 1 fully saturated rings. The van der Waals surface area contributed by atoms with E-state index in [1.165, 1.54) is 6.07 Å². The minimum absolute atomic E-state index is 0.00731. The maximum absolute atomic E-state index is 13.6. The lowest BCUT2D eigenvalue weighted by Gasteiger charge is -2.33. The number of carbonyl (C=O) groups is 1. The van der Waals surface area contributed by atoms with Gasteiger partial charge in [-0.15, -0.1) is 0 Å². The minimum Gasteiger partial charge on any atom is -0.342 e. The van der Waals surface area contributed by atoms with Gasteiger partial charge < -0.3 is 4.90 Å². The maximum Gasteiger partial charge on any atom is 0.227 e. The fourth-order valence-electron chi connectivity index (χ4n) is 2.69. The molecule has 1 amide bonds. The zero-order chi connectivity index (χ0) is 17.0. The number of benzene rings is 1. The largest absolute Gasteiger partial charge is 0.342 e. The second kappa shape index (κ2) is 7.35. The molecule has 8 heteroatoms. The first-order chi connectivity index (χ1) is 10.8. The summed E-state index contributed by atoms with van der Waals surface area (Å²) in [6.45, 7) is 1.17. The van der Waals surface area contributed by atoms with Crippen LogP contribution in [0.15, 0.2) is 18.2 Å². The molecule has 2 rings (SSSR count). The smallest absolute Gasteiger partial charge is 0.227 e. The third-order valence-corrected chi connectivity index (χ3v) is 4.59. The number of hydrogen-bond acceptors (Lipinski definition) is 3. The van der Waals surface area contributed by atoms with E-state index in [0.29, 0.717) is 13.1 Å². The minimum atomic E-state index is -3.27. The van der Waals surface area contributed by atoms with E-state index in [1.807, 2.05) is 0 Å².